The van der Waals surface area contributed by atoms with Gasteiger partial charge in [0, 0.05) is 31.3 Å². The Labute approximate surface area is 174 Å². The molecule has 3 rings (SSSR count). The molecule has 2 amide bonds. The number of carbonyl (C=O) groups excluding carboxylic acids is 2. The minimum atomic E-state index is -0.972. The summed E-state index contributed by atoms with van der Waals surface area (Å²) in [7, 11) is 3.44. The summed E-state index contributed by atoms with van der Waals surface area (Å²) in [5.74, 6) is -2.22. The summed E-state index contributed by atoms with van der Waals surface area (Å²) < 4.78 is 28.4. The molecule has 2 heterocycles. The molecule has 1 aliphatic rings. The molecule has 1 aromatic carbocycles. The summed E-state index contributed by atoms with van der Waals surface area (Å²) in [6.45, 7) is 6.78. The van der Waals surface area contributed by atoms with Crippen LogP contribution < -0.4 is 10.6 Å². The van der Waals surface area contributed by atoms with Gasteiger partial charge in [-0.15, -0.1) is 0 Å². The van der Waals surface area contributed by atoms with Crippen molar-refractivity contribution in [3.63, 3.8) is 0 Å². The Hall–Kier alpha value is -2.81. The SMILES string of the molecule is CNC(=O)C(NC(=O)n1nc(-c2ccc(F)c(F)c2)c2c1CN(C)CC2)C(C)(C)C. The van der Waals surface area contributed by atoms with Crippen molar-refractivity contribution < 1.29 is 18.4 Å². The Morgan fingerprint density at radius 2 is 1.90 bits per heavy atom. The van der Waals surface area contributed by atoms with E-state index in [-0.39, 0.29) is 5.91 Å². The number of nitrogens with one attached hydrogen (secondary N) is 2. The van der Waals surface area contributed by atoms with Crippen molar-refractivity contribution in [2.24, 2.45) is 5.41 Å². The van der Waals surface area contributed by atoms with Crippen LogP contribution in [0.4, 0.5) is 13.6 Å². The normalized spacial score (nSPS) is 15.4. The van der Waals surface area contributed by atoms with Gasteiger partial charge in [-0.1, -0.05) is 20.8 Å². The highest BCUT2D eigenvalue weighted by Crippen LogP contribution is 2.30. The Balaban J connectivity index is 2.04. The zero-order valence-electron chi connectivity index (χ0n) is 17.8. The lowest BCUT2D eigenvalue weighted by Crippen LogP contribution is -2.54. The van der Waals surface area contributed by atoms with Gasteiger partial charge in [0.15, 0.2) is 11.6 Å². The van der Waals surface area contributed by atoms with Gasteiger partial charge in [0.1, 0.15) is 6.04 Å². The van der Waals surface area contributed by atoms with Gasteiger partial charge in [-0.25, -0.2) is 13.6 Å². The summed E-state index contributed by atoms with van der Waals surface area (Å²) in [4.78, 5) is 27.5. The van der Waals surface area contributed by atoms with Crippen molar-refractivity contribution in [3.05, 3.63) is 41.1 Å². The van der Waals surface area contributed by atoms with Crippen LogP contribution >= 0.6 is 0 Å². The van der Waals surface area contributed by atoms with Crippen LogP contribution in [0.2, 0.25) is 0 Å². The number of hydrogen-bond donors (Lipinski definition) is 2. The van der Waals surface area contributed by atoms with E-state index in [0.717, 1.165) is 24.2 Å². The monoisotopic (exact) mass is 419 g/mol. The molecule has 1 aromatic heterocycles. The first-order chi connectivity index (χ1) is 14.0. The van der Waals surface area contributed by atoms with Crippen LogP contribution in [0.1, 0.15) is 32.0 Å². The number of benzene rings is 1. The molecule has 0 saturated heterocycles. The van der Waals surface area contributed by atoms with Gasteiger partial charge in [0.25, 0.3) is 0 Å². The highest BCUT2D eigenvalue weighted by molar-refractivity contribution is 5.88. The molecule has 162 valence electrons. The Kier molecular flexibility index (Phi) is 5.94. The second kappa shape index (κ2) is 8.14. The van der Waals surface area contributed by atoms with E-state index in [1.807, 2.05) is 32.7 Å². The number of fused-ring (bicyclic) bond motifs is 1. The third kappa shape index (κ3) is 4.21. The molecular weight excluding hydrogens is 392 g/mol. The molecule has 0 saturated carbocycles. The lowest BCUT2D eigenvalue weighted by Gasteiger charge is -2.30. The van der Waals surface area contributed by atoms with Crippen LogP contribution in [0.3, 0.4) is 0 Å². The van der Waals surface area contributed by atoms with Gasteiger partial charge in [0.2, 0.25) is 5.91 Å². The summed E-state index contributed by atoms with van der Waals surface area (Å²) in [6, 6.07) is 2.26. The molecule has 0 radical (unpaired) electrons. The number of hydrogen-bond acceptors (Lipinski definition) is 4. The molecule has 0 aliphatic carbocycles. The summed E-state index contributed by atoms with van der Waals surface area (Å²) in [5, 5.41) is 9.79. The second-order valence-corrected chi connectivity index (χ2v) is 8.67. The van der Waals surface area contributed by atoms with E-state index in [2.05, 4.69) is 15.7 Å². The fourth-order valence-electron chi connectivity index (χ4n) is 3.60. The van der Waals surface area contributed by atoms with E-state index in [1.165, 1.54) is 17.8 Å². The van der Waals surface area contributed by atoms with Gasteiger partial charge in [-0.05, 0) is 37.1 Å². The molecule has 1 unspecified atom stereocenters. The van der Waals surface area contributed by atoms with Crippen molar-refractivity contribution in [3.8, 4) is 11.3 Å². The van der Waals surface area contributed by atoms with E-state index in [0.29, 0.717) is 29.9 Å². The maximum absolute atomic E-state index is 13.8. The van der Waals surface area contributed by atoms with Crippen molar-refractivity contribution in [2.75, 3.05) is 20.6 Å². The molecule has 0 spiro atoms. The van der Waals surface area contributed by atoms with Crippen LogP contribution in [0.15, 0.2) is 18.2 Å². The fraction of sp³-hybridized carbons (Fsp3) is 0.476. The Bertz CT molecular complexity index is 981. The average molecular weight is 419 g/mol. The quantitative estimate of drug-likeness (QED) is 0.802. The van der Waals surface area contributed by atoms with E-state index >= 15 is 0 Å². The summed E-state index contributed by atoms with van der Waals surface area (Å²) >= 11 is 0. The Morgan fingerprint density at radius 3 is 2.50 bits per heavy atom. The van der Waals surface area contributed by atoms with Crippen LogP contribution in [-0.2, 0) is 17.8 Å². The molecular formula is C21H27F2N5O2. The van der Waals surface area contributed by atoms with Crippen LogP contribution in [0.5, 0.6) is 0 Å². The lowest BCUT2D eigenvalue weighted by molar-refractivity contribution is -0.124. The van der Waals surface area contributed by atoms with E-state index in [1.54, 1.807) is 0 Å². The van der Waals surface area contributed by atoms with E-state index in [4.69, 9.17) is 0 Å². The molecule has 7 nitrogen and oxygen atoms in total. The molecule has 0 fully saturated rings. The molecule has 1 aliphatic heterocycles. The van der Waals surface area contributed by atoms with Gasteiger partial charge in [0.05, 0.1) is 11.4 Å². The largest absolute Gasteiger partial charge is 0.357 e. The standard InChI is InChI=1S/C21H27F2N5O2/c1-21(2,3)18(19(29)24-4)25-20(30)28-16-11-27(5)9-8-13(16)17(26-28)12-6-7-14(22)15(23)10-12/h6-7,10,18H,8-9,11H2,1-5H3,(H,24,29)(H,25,30). The number of aromatic nitrogens is 2. The highest BCUT2D eigenvalue weighted by atomic mass is 19.2. The zero-order valence-corrected chi connectivity index (χ0v) is 17.8. The van der Waals surface area contributed by atoms with Crippen LogP contribution in [0, 0.1) is 17.0 Å². The van der Waals surface area contributed by atoms with Gasteiger partial charge < -0.3 is 15.5 Å². The van der Waals surface area contributed by atoms with E-state index < -0.39 is 29.1 Å². The topological polar surface area (TPSA) is 79.3 Å². The molecule has 30 heavy (non-hydrogen) atoms. The maximum atomic E-state index is 13.8. The number of carbonyl (C=O) groups is 2. The number of likely N-dealkylation sites (N-methyl/N-ethyl adjacent to an activating group) is 2. The average Bonchev–Trinajstić information content (AvgIpc) is 3.05. The van der Waals surface area contributed by atoms with Crippen molar-refractivity contribution in [2.45, 2.75) is 39.8 Å². The number of nitrogens with zero attached hydrogens (tertiary/aromatic N) is 3. The molecule has 1 atom stereocenters. The fourth-order valence-corrected chi connectivity index (χ4v) is 3.60. The number of rotatable bonds is 3. The van der Waals surface area contributed by atoms with Gasteiger partial charge >= 0.3 is 6.03 Å². The van der Waals surface area contributed by atoms with Gasteiger partial charge in [-0.3, -0.25) is 4.79 Å². The van der Waals surface area contributed by atoms with Crippen molar-refractivity contribution >= 4 is 11.9 Å². The third-order valence-electron chi connectivity index (χ3n) is 5.28. The smallest absolute Gasteiger partial charge is 0.343 e. The first-order valence-electron chi connectivity index (χ1n) is 9.80. The highest BCUT2D eigenvalue weighted by Gasteiger charge is 2.34. The Morgan fingerprint density at radius 1 is 1.20 bits per heavy atom. The predicted octanol–water partition coefficient (Wildman–Crippen LogP) is 2.53. The van der Waals surface area contributed by atoms with Gasteiger partial charge in [-0.2, -0.15) is 9.78 Å². The third-order valence-corrected chi connectivity index (χ3v) is 5.28. The van der Waals surface area contributed by atoms with Crippen LogP contribution in [-0.4, -0.2) is 53.3 Å². The molecule has 2 N–H and O–H groups in total. The first kappa shape index (κ1) is 21.9. The first-order valence-corrected chi connectivity index (χ1v) is 9.80. The molecule has 9 heteroatoms. The van der Waals surface area contributed by atoms with Crippen molar-refractivity contribution in [1.82, 2.24) is 25.3 Å². The van der Waals surface area contributed by atoms with Crippen molar-refractivity contribution in [1.29, 1.82) is 0 Å². The number of amides is 2. The zero-order chi connectivity index (χ0) is 22.2. The lowest BCUT2D eigenvalue weighted by atomic mass is 9.86. The number of halogens is 2. The molecule has 2 aromatic rings. The predicted molar refractivity (Wildman–Crippen MR) is 109 cm³/mol. The van der Waals surface area contributed by atoms with Crippen LogP contribution in [0.25, 0.3) is 11.3 Å². The summed E-state index contributed by atoms with van der Waals surface area (Å²) in [6.07, 6.45) is 0.617. The van der Waals surface area contributed by atoms with E-state index in [9.17, 15) is 18.4 Å². The molecule has 0 bridgehead atoms. The second-order valence-electron chi connectivity index (χ2n) is 8.67. The maximum Gasteiger partial charge on any atom is 0.343 e. The minimum absolute atomic E-state index is 0.310. The summed E-state index contributed by atoms with van der Waals surface area (Å²) in [5.41, 5.74) is 1.81. The minimum Gasteiger partial charge on any atom is -0.357 e.